The van der Waals surface area contributed by atoms with Crippen molar-refractivity contribution >= 4 is 35.1 Å². The Kier molecular flexibility index (Phi) is 4.43. The van der Waals surface area contributed by atoms with E-state index in [1.807, 2.05) is 16.7 Å². The van der Waals surface area contributed by atoms with E-state index in [2.05, 4.69) is 5.32 Å². The zero-order valence-corrected chi connectivity index (χ0v) is 17.9. The molecule has 166 valence electrons. The van der Waals surface area contributed by atoms with Crippen LogP contribution in [0.25, 0.3) is 0 Å². The number of piperidine rings is 1. The molecule has 3 unspecified atom stereocenters. The summed E-state index contributed by atoms with van der Waals surface area (Å²) in [7, 11) is 0. The van der Waals surface area contributed by atoms with Crippen molar-refractivity contribution in [1.29, 1.82) is 0 Å². The summed E-state index contributed by atoms with van der Waals surface area (Å²) >= 11 is 1.87. The molecule has 9 heteroatoms. The number of ether oxygens (including phenoxy) is 1. The van der Waals surface area contributed by atoms with Gasteiger partial charge in [0.05, 0.1) is 18.8 Å². The van der Waals surface area contributed by atoms with E-state index in [-0.39, 0.29) is 53.8 Å². The van der Waals surface area contributed by atoms with Crippen LogP contribution < -0.4 is 15.1 Å². The van der Waals surface area contributed by atoms with Crippen molar-refractivity contribution in [3.8, 4) is 0 Å². The molecule has 4 atom stereocenters. The van der Waals surface area contributed by atoms with E-state index in [1.54, 1.807) is 0 Å². The maximum atomic E-state index is 15.1. The quantitative estimate of drug-likeness (QED) is 0.748. The Bertz CT molecular complexity index is 935. The fourth-order valence-electron chi connectivity index (χ4n) is 5.87. The van der Waals surface area contributed by atoms with Gasteiger partial charge in [-0.15, -0.1) is 0 Å². The highest BCUT2D eigenvalue weighted by atomic mass is 32.2. The molecule has 2 saturated carbocycles. The first-order valence-corrected chi connectivity index (χ1v) is 12.2. The summed E-state index contributed by atoms with van der Waals surface area (Å²) in [4.78, 5) is 27.5. The predicted octanol–water partition coefficient (Wildman–Crippen LogP) is 3.29. The first-order chi connectivity index (χ1) is 15.0. The van der Waals surface area contributed by atoms with Gasteiger partial charge in [0.25, 0.3) is 0 Å². The topological polar surface area (TPSA) is 61.9 Å². The lowest BCUT2D eigenvalue weighted by Gasteiger charge is -2.68. The second kappa shape index (κ2) is 6.98. The van der Waals surface area contributed by atoms with E-state index in [9.17, 15) is 9.59 Å². The van der Waals surface area contributed by atoms with Crippen molar-refractivity contribution in [3.05, 3.63) is 23.8 Å². The standard InChI is InChI=1S/C22H25F2N3O3S/c23-15-6-13(26-9-14(30-21(26)29)8-25-20(28)12-2-1-3-12)7-16(24)19(15)27-17-4-5-22(17)11-31-10-18(22)27/h6-7,12,14,17-18H,1-5,8-11H2,(H,25,28)/t14-,17?,18?,22?/m0/s1. The minimum absolute atomic E-state index is 0.0196. The molecule has 6 rings (SSSR count). The smallest absolute Gasteiger partial charge is 0.414 e. The Balaban J connectivity index is 1.16. The summed E-state index contributed by atoms with van der Waals surface area (Å²) in [5.74, 6) is 0.748. The molecule has 2 amide bonds. The number of anilines is 2. The van der Waals surface area contributed by atoms with E-state index in [1.165, 1.54) is 17.0 Å². The molecule has 5 aliphatic rings. The number of thioether (sulfide) groups is 1. The van der Waals surface area contributed by atoms with Gasteiger partial charge in [-0.05, 0) is 25.7 Å². The molecule has 2 aliphatic carbocycles. The average Bonchev–Trinajstić information content (AvgIpc) is 3.26. The number of cyclic esters (lactones) is 1. The third kappa shape index (κ3) is 2.81. The van der Waals surface area contributed by atoms with E-state index >= 15 is 8.78 Å². The molecular formula is C22H25F2N3O3S. The number of benzene rings is 1. The van der Waals surface area contributed by atoms with Crippen LogP contribution in [-0.4, -0.2) is 54.8 Å². The molecule has 31 heavy (non-hydrogen) atoms. The molecule has 0 aromatic heterocycles. The van der Waals surface area contributed by atoms with Gasteiger partial charge in [-0.25, -0.2) is 13.6 Å². The van der Waals surface area contributed by atoms with Crippen LogP contribution in [0, 0.1) is 23.0 Å². The molecule has 1 aromatic rings. The molecule has 3 heterocycles. The highest BCUT2D eigenvalue weighted by Crippen LogP contribution is 2.64. The van der Waals surface area contributed by atoms with Crippen molar-refractivity contribution in [2.45, 2.75) is 50.3 Å². The summed E-state index contributed by atoms with van der Waals surface area (Å²) in [6.45, 7) is 0.355. The van der Waals surface area contributed by atoms with Gasteiger partial charge in [-0.2, -0.15) is 11.8 Å². The fourth-order valence-corrected chi connectivity index (χ4v) is 7.61. The van der Waals surface area contributed by atoms with Gasteiger partial charge >= 0.3 is 6.09 Å². The molecule has 0 radical (unpaired) electrons. The van der Waals surface area contributed by atoms with Gasteiger partial charge < -0.3 is 15.0 Å². The number of rotatable bonds is 5. The van der Waals surface area contributed by atoms with E-state index in [0.717, 1.165) is 43.6 Å². The summed E-state index contributed by atoms with van der Waals surface area (Å²) in [6, 6.07) is 2.89. The second-order valence-corrected chi connectivity index (χ2v) is 10.5. The van der Waals surface area contributed by atoms with Crippen molar-refractivity contribution in [3.63, 3.8) is 0 Å². The van der Waals surface area contributed by atoms with Crippen LogP contribution in [0.1, 0.15) is 32.1 Å². The van der Waals surface area contributed by atoms with Crippen molar-refractivity contribution in [1.82, 2.24) is 5.32 Å². The van der Waals surface area contributed by atoms with Gasteiger partial charge in [0.2, 0.25) is 5.91 Å². The Morgan fingerprint density at radius 2 is 2.00 bits per heavy atom. The molecule has 1 aromatic carbocycles. The van der Waals surface area contributed by atoms with Crippen LogP contribution in [0.2, 0.25) is 0 Å². The molecule has 1 N–H and O–H groups in total. The molecule has 3 aliphatic heterocycles. The summed E-state index contributed by atoms with van der Waals surface area (Å²) in [6.07, 6.45) is 3.79. The normalized spacial score (nSPS) is 33.7. The number of nitrogens with one attached hydrogen (secondary N) is 1. The number of hydrogen-bond acceptors (Lipinski definition) is 5. The Labute approximate surface area is 183 Å². The van der Waals surface area contributed by atoms with E-state index in [0.29, 0.717) is 0 Å². The maximum absolute atomic E-state index is 15.1. The SMILES string of the molecule is O=C(NC[C@H]1CN(c2cc(F)c(N3C4CCC45CSCC35)c(F)c2)C(=O)O1)C1CCC1. The third-order valence-corrected chi connectivity index (χ3v) is 9.25. The summed E-state index contributed by atoms with van der Waals surface area (Å²) in [5, 5.41) is 2.82. The van der Waals surface area contributed by atoms with Crippen LogP contribution in [0.5, 0.6) is 0 Å². The lowest BCUT2D eigenvalue weighted by atomic mass is 9.53. The lowest BCUT2D eigenvalue weighted by molar-refractivity contribution is -0.127. The van der Waals surface area contributed by atoms with E-state index < -0.39 is 23.8 Å². The molecular weight excluding hydrogens is 424 g/mol. The third-order valence-electron chi connectivity index (χ3n) is 7.95. The first-order valence-electron chi connectivity index (χ1n) is 11.1. The van der Waals surface area contributed by atoms with Crippen LogP contribution >= 0.6 is 11.8 Å². The molecule has 1 spiro atoms. The fraction of sp³-hybridized carbons (Fsp3) is 0.636. The van der Waals surface area contributed by atoms with E-state index in [4.69, 9.17) is 4.74 Å². The van der Waals surface area contributed by atoms with Crippen molar-refractivity contribution < 1.29 is 23.1 Å². The minimum atomic E-state index is -0.649. The largest absolute Gasteiger partial charge is 0.442 e. The zero-order valence-electron chi connectivity index (χ0n) is 17.1. The maximum Gasteiger partial charge on any atom is 0.414 e. The molecule has 0 bridgehead atoms. The number of halogens is 2. The van der Waals surface area contributed by atoms with Gasteiger partial charge in [0.1, 0.15) is 11.8 Å². The summed E-state index contributed by atoms with van der Waals surface area (Å²) < 4.78 is 35.5. The number of hydrogen-bond donors (Lipinski definition) is 1. The first kappa shape index (κ1) is 19.6. The Hall–Kier alpha value is -2.03. The zero-order chi connectivity index (χ0) is 21.3. The van der Waals surface area contributed by atoms with Crippen LogP contribution in [0.15, 0.2) is 12.1 Å². The molecule has 5 fully saturated rings. The van der Waals surface area contributed by atoms with Crippen LogP contribution in [0.3, 0.4) is 0 Å². The second-order valence-electron chi connectivity index (χ2n) is 9.47. The number of carbonyl (C=O) groups excluding carboxylic acids is 2. The highest BCUT2D eigenvalue weighted by Gasteiger charge is 2.68. The van der Waals surface area contributed by atoms with Gasteiger partial charge in [0, 0.05) is 47.1 Å². The molecule has 3 saturated heterocycles. The number of amides is 2. The van der Waals surface area contributed by atoms with Crippen LogP contribution in [-0.2, 0) is 9.53 Å². The van der Waals surface area contributed by atoms with Gasteiger partial charge in [0.15, 0.2) is 11.6 Å². The number of carbonyl (C=O) groups is 2. The highest BCUT2D eigenvalue weighted by molar-refractivity contribution is 7.99. The average molecular weight is 450 g/mol. The van der Waals surface area contributed by atoms with Crippen molar-refractivity contribution in [2.75, 3.05) is 34.4 Å². The molecule has 6 nitrogen and oxygen atoms in total. The van der Waals surface area contributed by atoms with Crippen molar-refractivity contribution in [2.24, 2.45) is 11.3 Å². The Morgan fingerprint density at radius 1 is 1.23 bits per heavy atom. The van der Waals surface area contributed by atoms with Gasteiger partial charge in [-0.3, -0.25) is 9.69 Å². The van der Waals surface area contributed by atoms with Crippen LogP contribution in [0.4, 0.5) is 25.0 Å². The lowest BCUT2D eigenvalue weighted by Crippen LogP contribution is -2.77. The van der Waals surface area contributed by atoms with Gasteiger partial charge in [-0.1, -0.05) is 6.42 Å². The summed E-state index contributed by atoms with van der Waals surface area (Å²) in [5.41, 5.74) is 0.434. The Morgan fingerprint density at radius 3 is 2.65 bits per heavy atom. The predicted molar refractivity (Wildman–Crippen MR) is 113 cm³/mol. The monoisotopic (exact) mass is 449 g/mol. The number of nitrogens with zero attached hydrogens (tertiary/aromatic N) is 2. The minimum Gasteiger partial charge on any atom is -0.442 e.